The predicted octanol–water partition coefficient (Wildman–Crippen LogP) is 5.11. The fourth-order valence-corrected chi connectivity index (χ4v) is 2.28. The summed E-state index contributed by atoms with van der Waals surface area (Å²) in [4.78, 5) is 0. The Morgan fingerprint density at radius 3 is 2.42 bits per heavy atom. The molecule has 2 rings (SSSR count). The van der Waals surface area contributed by atoms with Crippen molar-refractivity contribution in [3.63, 3.8) is 0 Å². The largest absolute Gasteiger partial charge is 0.352 e. The first kappa shape index (κ1) is 14.0. The summed E-state index contributed by atoms with van der Waals surface area (Å²) in [5, 5.41) is 11.8. The molecule has 0 spiro atoms. The molecule has 0 amide bonds. The number of anilines is 2. The third-order valence-electron chi connectivity index (χ3n) is 2.40. The van der Waals surface area contributed by atoms with E-state index in [9.17, 15) is 8.78 Å². The average Bonchev–Trinajstić information content (AvgIpc) is 2.36. The van der Waals surface area contributed by atoms with Crippen molar-refractivity contribution in [1.29, 1.82) is 5.26 Å². The number of benzene rings is 2. The van der Waals surface area contributed by atoms with Crippen LogP contribution in [-0.4, -0.2) is 0 Å². The zero-order valence-electron chi connectivity index (χ0n) is 9.35. The molecule has 2 aromatic rings. The van der Waals surface area contributed by atoms with E-state index in [1.165, 1.54) is 0 Å². The number of hydrogen-bond donors (Lipinski definition) is 1. The molecule has 0 saturated heterocycles. The smallest absolute Gasteiger partial charge is 0.147 e. The lowest BCUT2D eigenvalue weighted by Crippen LogP contribution is -1.98. The summed E-state index contributed by atoms with van der Waals surface area (Å²) in [6, 6.07) is 9.06. The minimum absolute atomic E-state index is 0.0321. The van der Waals surface area contributed by atoms with Crippen molar-refractivity contribution in [1.82, 2.24) is 0 Å². The Balaban J connectivity index is 2.45. The van der Waals surface area contributed by atoms with Gasteiger partial charge in [-0.25, -0.2) is 8.78 Å². The normalized spacial score (nSPS) is 10.1. The first-order valence-electron chi connectivity index (χ1n) is 5.13. The molecule has 0 heterocycles. The number of nitrogens with one attached hydrogen (secondary N) is 1. The summed E-state index contributed by atoms with van der Waals surface area (Å²) in [6.07, 6.45) is 0. The summed E-state index contributed by atoms with van der Waals surface area (Å²) in [6.45, 7) is 0. The highest BCUT2D eigenvalue weighted by Crippen LogP contribution is 2.30. The Hall–Kier alpha value is -1.45. The van der Waals surface area contributed by atoms with Gasteiger partial charge in [0.2, 0.25) is 0 Å². The number of nitriles is 1. The number of hydrogen-bond acceptors (Lipinski definition) is 2. The molecule has 2 nitrogen and oxygen atoms in total. The molecule has 0 aliphatic heterocycles. The van der Waals surface area contributed by atoms with Gasteiger partial charge in [-0.2, -0.15) is 5.26 Å². The van der Waals surface area contributed by atoms with Crippen molar-refractivity contribution in [2.45, 2.75) is 0 Å². The standard InChI is InChI=1S/C13H6Br2F2N2/c14-8-2-1-3-12(7(8)6-18)19-13-5-10(16)9(15)4-11(13)17/h1-5,19H. The predicted molar refractivity (Wildman–Crippen MR) is 76.2 cm³/mol. The zero-order chi connectivity index (χ0) is 14.0. The Morgan fingerprint density at radius 2 is 1.74 bits per heavy atom. The van der Waals surface area contributed by atoms with Crippen LogP contribution < -0.4 is 5.32 Å². The van der Waals surface area contributed by atoms with Gasteiger partial charge in [-0.15, -0.1) is 0 Å². The maximum atomic E-state index is 13.7. The maximum absolute atomic E-state index is 13.7. The fraction of sp³-hybridized carbons (Fsp3) is 0. The molecule has 2 aromatic carbocycles. The highest BCUT2D eigenvalue weighted by Gasteiger charge is 2.11. The highest BCUT2D eigenvalue weighted by molar-refractivity contribution is 9.10. The molecule has 96 valence electrons. The van der Waals surface area contributed by atoms with Gasteiger partial charge in [0.25, 0.3) is 0 Å². The molecule has 0 aliphatic rings. The van der Waals surface area contributed by atoms with Gasteiger partial charge in [-0.3, -0.25) is 0 Å². The van der Waals surface area contributed by atoms with E-state index in [1.54, 1.807) is 18.2 Å². The number of halogens is 4. The molecule has 0 bridgehead atoms. The van der Waals surface area contributed by atoms with E-state index in [0.717, 1.165) is 12.1 Å². The lowest BCUT2D eigenvalue weighted by atomic mass is 10.2. The van der Waals surface area contributed by atoms with Crippen LogP contribution in [0.1, 0.15) is 5.56 Å². The van der Waals surface area contributed by atoms with Gasteiger partial charge in [-0.1, -0.05) is 6.07 Å². The van der Waals surface area contributed by atoms with Gasteiger partial charge >= 0.3 is 0 Å². The van der Waals surface area contributed by atoms with Gasteiger partial charge in [-0.05, 0) is 50.1 Å². The molecule has 0 aliphatic carbocycles. The highest BCUT2D eigenvalue weighted by atomic mass is 79.9. The fourth-order valence-electron chi connectivity index (χ4n) is 1.51. The topological polar surface area (TPSA) is 35.8 Å². The minimum atomic E-state index is -0.614. The van der Waals surface area contributed by atoms with Crippen LogP contribution >= 0.6 is 31.9 Å². The SMILES string of the molecule is N#Cc1c(Br)cccc1Nc1cc(F)c(Br)cc1F. The Bertz CT molecular complexity index is 681. The Labute approximate surface area is 125 Å². The monoisotopic (exact) mass is 386 g/mol. The van der Waals surface area contributed by atoms with Crippen molar-refractivity contribution in [3.8, 4) is 6.07 Å². The lowest BCUT2D eigenvalue weighted by Gasteiger charge is -2.10. The van der Waals surface area contributed by atoms with E-state index in [0.29, 0.717) is 15.7 Å². The number of nitrogens with zero attached hydrogens (tertiary/aromatic N) is 1. The minimum Gasteiger partial charge on any atom is -0.352 e. The quantitative estimate of drug-likeness (QED) is 0.727. The van der Waals surface area contributed by atoms with Crippen LogP contribution in [0, 0.1) is 23.0 Å². The average molecular weight is 388 g/mol. The second-order valence-electron chi connectivity index (χ2n) is 3.65. The molecule has 0 saturated carbocycles. The van der Waals surface area contributed by atoms with Crippen molar-refractivity contribution in [2.24, 2.45) is 0 Å². The van der Waals surface area contributed by atoms with Crippen molar-refractivity contribution in [2.75, 3.05) is 5.32 Å². The third-order valence-corrected chi connectivity index (χ3v) is 3.67. The molecular weight excluding hydrogens is 382 g/mol. The summed E-state index contributed by atoms with van der Waals surface area (Å²) in [7, 11) is 0. The maximum Gasteiger partial charge on any atom is 0.147 e. The van der Waals surface area contributed by atoms with E-state index in [2.05, 4.69) is 37.2 Å². The van der Waals surface area contributed by atoms with Gasteiger partial charge in [0, 0.05) is 10.5 Å². The first-order chi connectivity index (χ1) is 9.02. The van der Waals surface area contributed by atoms with E-state index < -0.39 is 11.6 Å². The van der Waals surface area contributed by atoms with Crippen molar-refractivity contribution >= 4 is 43.2 Å². The molecule has 1 N–H and O–H groups in total. The molecule has 0 atom stereocenters. The molecule has 19 heavy (non-hydrogen) atoms. The van der Waals surface area contributed by atoms with Gasteiger partial charge < -0.3 is 5.32 Å². The van der Waals surface area contributed by atoms with Gasteiger partial charge in [0.15, 0.2) is 0 Å². The summed E-state index contributed by atoms with van der Waals surface area (Å²) in [5.41, 5.74) is 0.693. The van der Waals surface area contributed by atoms with Crippen LogP contribution in [0.2, 0.25) is 0 Å². The second kappa shape index (κ2) is 5.68. The van der Waals surface area contributed by atoms with Crippen molar-refractivity contribution < 1.29 is 8.78 Å². The second-order valence-corrected chi connectivity index (χ2v) is 5.35. The Morgan fingerprint density at radius 1 is 1.00 bits per heavy atom. The van der Waals surface area contributed by atoms with E-state index in [4.69, 9.17) is 5.26 Å². The van der Waals surface area contributed by atoms with E-state index in [1.807, 2.05) is 6.07 Å². The summed E-state index contributed by atoms with van der Waals surface area (Å²) in [5.74, 6) is -1.20. The van der Waals surface area contributed by atoms with Crippen LogP contribution in [0.5, 0.6) is 0 Å². The van der Waals surface area contributed by atoms with Crippen LogP contribution in [0.3, 0.4) is 0 Å². The lowest BCUT2D eigenvalue weighted by molar-refractivity contribution is 0.598. The Kier molecular flexibility index (Phi) is 4.17. The molecule has 0 unspecified atom stereocenters. The van der Waals surface area contributed by atoms with Crippen LogP contribution in [0.4, 0.5) is 20.2 Å². The summed E-state index contributed by atoms with van der Waals surface area (Å²) < 4.78 is 27.7. The zero-order valence-corrected chi connectivity index (χ0v) is 12.5. The van der Waals surface area contributed by atoms with Crippen LogP contribution in [0.25, 0.3) is 0 Å². The molecule has 0 aromatic heterocycles. The van der Waals surface area contributed by atoms with Crippen LogP contribution in [0.15, 0.2) is 39.3 Å². The summed E-state index contributed by atoms with van der Waals surface area (Å²) >= 11 is 6.13. The molecule has 0 radical (unpaired) electrons. The van der Waals surface area contributed by atoms with Crippen LogP contribution in [-0.2, 0) is 0 Å². The van der Waals surface area contributed by atoms with E-state index >= 15 is 0 Å². The number of rotatable bonds is 2. The van der Waals surface area contributed by atoms with E-state index in [-0.39, 0.29) is 10.2 Å². The molecule has 6 heteroatoms. The molecule has 0 fully saturated rings. The molecular formula is C13H6Br2F2N2. The first-order valence-corrected chi connectivity index (χ1v) is 6.71. The third kappa shape index (κ3) is 2.94. The van der Waals surface area contributed by atoms with Gasteiger partial charge in [0.05, 0.1) is 21.4 Å². The van der Waals surface area contributed by atoms with Gasteiger partial charge in [0.1, 0.15) is 17.7 Å². The van der Waals surface area contributed by atoms with Crippen molar-refractivity contribution in [3.05, 3.63) is 56.5 Å².